The average Bonchev–Trinajstić information content (AvgIpc) is 2.42. The molecule has 0 aromatic heterocycles. The SMILES string of the molecule is Cc1cc(C=O)c([N+](=O)[O-])cc1OCCCCCC(=O)O. The first kappa shape index (κ1) is 16.6. The summed E-state index contributed by atoms with van der Waals surface area (Å²) in [5.74, 6) is -0.461. The Morgan fingerprint density at radius 1 is 1.38 bits per heavy atom. The van der Waals surface area contributed by atoms with E-state index in [4.69, 9.17) is 9.84 Å². The Morgan fingerprint density at radius 3 is 2.67 bits per heavy atom. The first-order valence-electron chi connectivity index (χ1n) is 6.54. The average molecular weight is 295 g/mol. The molecule has 7 nitrogen and oxygen atoms in total. The van der Waals surface area contributed by atoms with Crippen molar-refractivity contribution in [2.45, 2.75) is 32.6 Å². The van der Waals surface area contributed by atoms with E-state index in [1.54, 1.807) is 6.92 Å². The molecule has 0 aliphatic carbocycles. The number of ether oxygens (including phenoxy) is 1. The molecule has 7 heteroatoms. The van der Waals surface area contributed by atoms with Gasteiger partial charge in [0.05, 0.1) is 23.2 Å². The first-order valence-corrected chi connectivity index (χ1v) is 6.54. The quantitative estimate of drug-likeness (QED) is 0.325. The van der Waals surface area contributed by atoms with Gasteiger partial charge in [-0.05, 0) is 37.8 Å². The molecule has 21 heavy (non-hydrogen) atoms. The van der Waals surface area contributed by atoms with Crippen LogP contribution in [0.25, 0.3) is 0 Å². The molecule has 0 unspecified atom stereocenters. The van der Waals surface area contributed by atoms with E-state index < -0.39 is 10.9 Å². The van der Waals surface area contributed by atoms with Crippen molar-refractivity contribution in [3.8, 4) is 5.75 Å². The number of aldehydes is 1. The minimum Gasteiger partial charge on any atom is -0.493 e. The van der Waals surface area contributed by atoms with Gasteiger partial charge in [0.2, 0.25) is 0 Å². The lowest BCUT2D eigenvalue weighted by Crippen LogP contribution is -2.02. The van der Waals surface area contributed by atoms with Gasteiger partial charge < -0.3 is 9.84 Å². The molecule has 0 amide bonds. The molecule has 0 fully saturated rings. The van der Waals surface area contributed by atoms with Gasteiger partial charge in [0.1, 0.15) is 5.75 Å². The molecular formula is C14H17NO6. The number of rotatable bonds is 9. The van der Waals surface area contributed by atoms with Gasteiger partial charge in [-0.2, -0.15) is 0 Å². The predicted octanol–water partition coefficient (Wildman–Crippen LogP) is 2.74. The van der Waals surface area contributed by atoms with Gasteiger partial charge in [-0.1, -0.05) is 0 Å². The molecule has 1 N–H and O–H groups in total. The lowest BCUT2D eigenvalue weighted by atomic mass is 10.1. The highest BCUT2D eigenvalue weighted by molar-refractivity contribution is 5.82. The summed E-state index contributed by atoms with van der Waals surface area (Å²) in [6, 6.07) is 2.67. The molecule has 1 rings (SSSR count). The van der Waals surface area contributed by atoms with Gasteiger partial charge in [0.25, 0.3) is 5.69 Å². The third kappa shape index (κ3) is 5.21. The number of carboxylic acids is 1. The van der Waals surface area contributed by atoms with Gasteiger partial charge in [-0.15, -0.1) is 0 Å². The Bertz CT molecular complexity index is 541. The normalized spacial score (nSPS) is 10.1. The molecule has 0 spiro atoms. The van der Waals surface area contributed by atoms with Crippen LogP contribution in [0.3, 0.4) is 0 Å². The highest BCUT2D eigenvalue weighted by Crippen LogP contribution is 2.27. The molecule has 0 aliphatic rings. The third-order valence-corrected chi connectivity index (χ3v) is 2.94. The number of hydrogen-bond acceptors (Lipinski definition) is 5. The number of unbranched alkanes of at least 4 members (excludes halogenated alkanes) is 2. The zero-order chi connectivity index (χ0) is 15.8. The van der Waals surface area contributed by atoms with Crippen molar-refractivity contribution in [3.05, 3.63) is 33.4 Å². The van der Waals surface area contributed by atoms with Crippen molar-refractivity contribution in [1.82, 2.24) is 0 Å². The van der Waals surface area contributed by atoms with E-state index in [0.29, 0.717) is 43.5 Å². The van der Waals surface area contributed by atoms with Crippen LogP contribution in [0.4, 0.5) is 5.69 Å². The molecule has 0 heterocycles. The van der Waals surface area contributed by atoms with E-state index in [1.165, 1.54) is 12.1 Å². The smallest absolute Gasteiger partial charge is 0.303 e. The van der Waals surface area contributed by atoms with Crippen LogP contribution in [-0.2, 0) is 4.79 Å². The number of nitro benzene ring substituents is 1. The fourth-order valence-corrected chi connectivity index (χ4v) is 1.84. The highest BCUT2D eigenvalue weighted by atomic mass is 16.6. The Kier molecular flexibility index (Phi) is 6.32. The molecule has 0 atom stereocenters. The fraction of sp³-hybridized carbons (Fsp3) is 0.429. The monoisotopic (exact) mass is 295 g/mol. The number of carbonyl (C=O) groups is 2. The third-order valence-electron chi connectivity index (χ3n) is 2.94. The summed E-state index contributed by atoms with van der Waals surface area (Å²) in [6.45, 7) is 2.05. The van der Waals surface area contributed by atoms with E-state index in [1.807, 2.05) is 0 Å². The summed E-state index contributed by atoms with van der Waals surface area (Å²) in [5.41, 5.74) is 0.385. The van der Waals surface area contributed by atoms with Gasteiger partial charge >= 0.3 is 5.97 Å². The maximum Gasteiger partial charge on any atom is 0.303 e. The van der Waals surface area contributed by atoms with E-state index in [2.05, 4.69) is 0 Å². The van der Waals surface area contributed by atoms with Crippen LogP contribution in [0.2, 0.25) is 0 Å². The van der Waals surface area contributed by atoms with E-state index in [9.17, 15) is 19.7 Å². The van der Waals surface area contributed by atoms with Crippen LogP contribution in [0.15, 0.2) is 12.1 Å². The molecule has 1 aromatic carbocycles. The van der Waals surface area contributed by atoms with Gasteiger partial charge in [-0.25, -0.2) is 0 Å². The number of aliphatic carboxylic acids is 1. The number of hydrogen-bond donors (Lipinski definition) is 1. The predicted molar refractivity (Wildman–Crippen MR) is 74.8 cm³/mol. The summed E-state index contributed by atoms with van der Waals surface area (Å²) in [7, 11) is 0. The van der Waals surface area contributed by atoms with Crippen LogP contribution in [-0.4, -0.2) is 28.9 Å². The second-order valence-corrected chi connectivity index (χ2v) is 4.60. The van der Waals surface area contributed by atoms with Crippen molar-refractivity contribution >= 4 is 17.9 Å². The minimum atomic E-state index is -0.827. The second-order valence-electron chi connectivity index (χ2n) is 4.60. The zero-order valence-electron chi connectivity index (χ0n) is 11.7. The Hall–Kier alpha value is -2.44. The number of carboxylic acid groups (broad SMARTS) is 1. The summed E-state index contributed by atoms with van der Waals surface area (Å²) in [6.07, 6.45) is 2.51. The molecule has 0 saturated heterocycles. The topological polar surface area (TPSA) is 107 Å². The number of nitrogens with zero attached hydrogens (tertiary/aromatic N) is 1. The minimum absolute atomic E-state index is 0.0197. The lowest BCUT2D eigenvalue weighted by molar-refractivity contribution is -0.385. The Balaban J connectivity index is 2.59. The molecule has 114 valence electrons. The summed E-state index contributed by atoms with van der Waals surface area (Å²) in [5, 5.41) is 19.4. The van der Waals surface area contributed by atoms with Gasteiger partial charge in [0, 0.05) is 6.42 Å². The highest BCUT2D eigenvalue weighted by Gasteiger charge is 2.16. The molecule has 0 bridgehead atoms. The fourth-order valence-electron chi connectivity index (χ4n) is 1.84. The summed E-state index contributed by atoms with van der Waals surface area (Å²) >= 11 is 0. The van der Waals surface area contributed by atoms with Crippen molar-refractivity contribution < 1.29 is 24.4 Å². The van der Waals surface area contributed by atoms with Crippen LogP contribution < -0.4 is 4.74 Å². The van der Waals surface area contributed by atoms with Gasteiger partial charge in [0.15, 0.2) is 6.29 Å². The van der Waals surface area contributed by atoms with Crippen molar-refractivity contribution in [2.75, 3.05) is 6.61 Å². The van der Waals surface area contributed by atoms with Gasteiger partial charge in [-0.3, -0.25) is 19.7 Å². The molecule has 0 saturated carbocycles. The number of nitro groups is 1. The first-order chi connectivity index (χ1) is 9.95. The van der Waals surface area contributed by atoms with Crippen LogP contribution >= 0.6 is 0 Å². The summed E-state index contributed by atoms with van der Waals surface area (Å²) in [4.78, 5) is 31.4. The molecule has 0 aliphatic heterocycles. The van der Waals surface area contributed by atoms with E-state index in [0.717, 1.165) is 0 Å². The molecule has 1 aromatic rings. The molecular weight excluding hydrogens is 278 g/mol. The van der Waals surface area contributed by atoms with Crippen molar-refractivity contribution in [3.63, 3.8) is 0 Å². The van der Waals surface area contributed by atoms with Crippen LogP contribution in [0.1, 0.15) is 41.6 Å². The zero-order valence-corrected chi connectivity index (χ0v) is 11.7. The summed E-state index contributed by atoms with van der Waals surface area (Å²) < 4.78 is 5.47. The van der Waals surface area contributed by atoms with E-state index in [-0.39, 0.29) is 17.7 Å². The lowest BCUT2D eigenvalue weighted by Gasteiger charge is -2.09. The van der Waals surface area contributed by atoms with Crippen LogP contribution in [0, 0.1) is 17.0 Å². The van der Waals surface area contributed by atoms with Crippen molar-refractivity contribution in [1.29, 1.82) is 0 Å². The van der Waals surface area contributed by atoms with Crippen LogP contribution in [0.5, 0.6) is 5.75 Å². The van der Waals surface area contributed by atoms with Crippen molar-refractivity contribution in [2.24, 2.45) is 0 Å². The Morgan fingerprint density at radius 2 is 2.10 bits per heavy atom. The largest absolute Gasteiger partial charge is 0.493 e. The maximum atomic E-state index is 10.9. The molecule has 0 radical (unpaired) electrons. The number of benzene rings is 1. The standard InChI is InChI=1S/C14H17NO6/c1-10-7-11(9-16)12(15(19)20)8-13(10)21-6-4-2-3-5-14(17)18/h7-9H,2-6H2,1H3,(H,17,18). The Labute approximate surface area is 121 Å². The van der Waals surface area contributed by atoms with E-state index >= 15 is 0 Å². The maximum absolute atomic E-state index is 10.9. The second kappa shape index (κ2) is 7.98. The number of carbonyl (C=O) groups excluding carboxylic acids is 1. The number of aryl methyl sites for hydroxylation is 1.